The highest BCUT2D eigenvalue weighted by molar-refractivity contribution is 7.91. The van der Waals surface area contributed by atoms with Crippen molar-refractivity contribution in [2.45, 2.75) is 25.8 Å². The first-order chi connectivity index (χ1) is 8.35. The molecule has 1 saturated heterocycles. The predicted octanol–water partition coefficient (Wildman–Crippen LogP) is 0.0855. The summed E-state index contributed by atoms with van der Waals surface area (Å²) in [6.45, 7) is 1.78. The number of hydrogen-bond donors (Lipinski definition) is 2. The van der Waals surface area contributed by atoms with Gasteiger partial charge >= 0.3 is 5.97 Å². The molecular weight excluding hydrogens is 258 g/mol. The summed E-state index contributed by atoms with van der Waals surface area (Å²) in [5.74, 6) is -1.01. The first-order valence-electron chi connectivity index (χ1n) is 5.66. The lowest BCUT2D eigenvalue weighted by molar-refractivity contribution is 0.0697. The number of nitrogen functional groups attached to an aromatic ring is 1. The van der Waals surface area contributed by atoms with Gasteiger partial charge in [-0.05, 0) is 12.8 Å². The van der Waals surface area contributed by atoms with Gasteiger partial charge in [0, 0.05) is 0 Å². The molecule has 0 saturated carbocycles. The zero-order valence-electron chi connectivity index (χ0n) is 9.96. The number of carbonyl (C=O) groups is 1. The van der Waals surface area contributed by atoms with Crippen LogP contribution < -0.4 is 5.73 Å². The van der Waals surface area contributed by atoms with Gasteiger partial charge in [-0.2, -0.15) is 5.10 Å². The maximum Gasteiger partial charge on any atom is 0.341 e. The van der Waals surface area contributed by atoms with Crippen LogP contribution in [0.2, 0.25) is 0 Å². The summed E-state index contributed by atoms with van der Waals surface area (Å²) in [5, 5.41) is 13.2. The van der Waals surface area contributed by atoms with E-state index in [4.69, 9.17) is 10.8 Å². The third-order valence-corrected chi connectivity index (χ3v) is 4.87. The van der Waals surface area contributed by atoms with E-state index in [1.54, 1.807) is 6.92 Å². The Kier molecular flexibility index (Phi) is 3.05. The molecule has 0 bridgehead atoms. The Labute approximate surface area is 105 Å². The van der Waals surface area contributed by atoms with Crippen LogP contribution in [0.15, 0.2) is 0 Å². The number of nitrogens with two attached hydrogens (primary N) is 1. The number of nitrogens with zero attached hydrogens (tertiary/aromatic N) is 2. The van der Waals surface area contributed by atoms with Crippen LogP contribution in [0.4, 0.5) is 5.82 Å². The summed E-state index contributed by atoms with van der Waals surface area (Å²) in [7, 11) is -3.05. The summed E-state index contributed by atoms with van der Waals surface area (Å²) in [6, 6.07) is -0.353. The summed E-state index contributed by atoms with van der Waals surface area (Å²) in [5.41, 5.74) is 6.15. The van der Waals surface area contributed by atoms with Crippen LogP contribution in [0.25, 0.3) is 0 Å². The average molecular weight is 273 g/mol. The topological polar surface area (TPSA) is 115 Å². The molecule has 0 aromatic carbocycles. The fraction of sp³-hybridized carbons (Fsp3) is 0.600. The summed E-state index contributed by atoms with van der Waals surface area (Å²) in [6.07, 6.45) is 0.870. The smallest absolute Gasteiger partial charge is 0.341 e. The minimum absolute atomic E-state index is 0.0122. The molecule has 8 heteroatoms. The molecule has 1 atom stereocenters. The largest absolute Gasteiger partial charge is 0.477 e. The predicted molar refractivity (Wildman–Crippen MR) is 65.3 cm³/mol. The molecule has 0 amide bonds. The van der Waals surface area contributed by atoms with Crippen molar-refractivity contribution < 1.29 is 18.3 Å². The molecule has 2 rings (SSSR count). The third-order valence-electron chi connectivity index (χ3n) is 3.12. The van der Waals surface area contributed by atoms with Crippen LogP contribution in [0.5, 0.6) is 0 Å². The van der Waals surface area contributed by atoms with Gasteiger partial charge in [-0.3, -0.25) is 0 Å². The molecule has 0 radical (unpaired) electrons. The van der Waals surface area contributed by atoms with Crippen LogP contribution in [0.3, 0.4) is 0 Å². The fourth-order valence-electron chi connectivity index (χ4n) is 2.22. The van der Waals surface area contributed by atoms with Gasteiger partial charge in [0.05, 0.1) is 23.2 Å². The number of sulfone groups is 1. The molecule has 1 aromatic rings. The van der Waals surface area contributed by atoms with Crippen molar-refractivity contribution in [3.63, 3.8) is 0 Å². The monoisotopic (exact) mass is 273 g/mol. The van der Waals surface area contributed by atoms with Crippen molar-refractivity contribution in [2.24, 2.45) is 0 Å². The van der Waals surface area contributed by atoms with E-state index in [1.165, 1.54) is 4.68 Å². The molecule has 100 valence electrons. The van der Waals surface area contributed by atoms with Crippen LogP contribution in [-0.4, -0.2) is 40.8 Å². The van der Waals surface area contributed by atoms with E-state index in [2.05, 4.69) is 5.10 Å². The van der Waals surface area contributed by atoms with E-state index in [0.29, 0.717) is 18.5 Å². The van der Waals surface area contributed by atoms with Crippen LogP contribution in [0.1, 0.15) is 35.4 Å². The SMILES string of the molecule is CCc1nn(C2CCS(=O)(=O)C2)c(N)c1C(=O)O. The second kappa shape index (κ2) is 4.27. The lowest BCUT2D eigenvalue weighted by atomic mass is 10.2. The van der Waals surface area contributed by atoms with Crippen molar-refractivity contribution in [2.75, 3.05) is 17.2 Å². The van der Waals surface area contributed by atoms with Crippen LogP contribution in [-0.2, 0) is 16.3 Å². The lowest BCUT2D eigenvalue weighted by Gasteiger charge is -2.10. The Balaban J connectivity index is 2.44. The molecule has 1 fully saturated rings. The first kappa shape index (κ1) is 12.9. The van der Waals surface area contributed by atoms with Crippen LogP contribution in [0, 0.1) is 0 Å². The summed E-state index contributed by atoms with van der Waals surface area (Å²) < 4.78 is 24.2. The van der Waals surface area contributed by atoms with Crippen molar-refractivity contribution in [3.8, 4) is 0 Å². The third kappa shape index (κ3) is 2.07. The first-order valence-corrected chi connectivity index (χ1v) is 7.48. The van der Waals surface area contributed by atoms with Gasteiger partial charge in [-0.15, -0.1) is 0 Å². The number of aromatic carboxylic acids is 1. The highest BCUT2D eigenvalue weighted by atomic mass is 32.2. The van der Waals surface area contributed by atoms with Crippen molar-refractivity contribution in [1.29, 1.82) is 0 Å². The molecule has 2 heterocycles. The van der Waals surface area contributed by atoms with E-state index in [9.17, 15) is 13.2 Å². The van der Waals surface area contributed by atoms with Crippen molar-refractivity contribution in [3.05, 3.63) is 11.3 Å². The van der Waals surface area contributed by atoms with Crippen molar-refractivity contribution >= 4 is 21.6 Å². The normalized spacial score (nSPS) is 22.2. The Morgan fingerprint density at radius 1 is 1.61 bits per heavy atom. The molecule has 18 heavy (non-hydrogen) atoms. The van der Waals surface area contributed by atoms with E-state index in [1.807, 2.05) is 0 Å². The van der Waals surface area contributed by atoms with Crippen molar-refractivity contribution in [1.82, 2.24) is 9.78 Å². The molecule has 3 N–H and O–H groups in total. The summed E-state index contributed by atoms with van der Waals surface area (Å²) in [4.78, 5) is 11.1. The maximum atomic E-state index is 11.4. The van der Waals surface area contributed by atoms with Gasteiger partial charge in [-0.1, -0.05) is 6.92 Å². The van der Waals surface area contributed by atoms with Gasteiger partial charge in [0.25, 0.3) is 0 Å². The number of rotatable bonds is 3. The number of aryl methyl sites for hydroxylation is 1. The minimum Gasteiger partial charge on any atom is -0.477 e. The molecule has 7 nitrogen and oxygen atoms in total. The highest BCUT2D eigenvalue weighted by Crippen LogP contribution is 2.28. The Morgan fingerprint density at radius 3 is 2.67 bits per heavy atom. The second-order valence-electron chi connectivity index (χ2n) is 4.37. The Morgan fingerprint density at radius 2 is 2.28 bits per heavy atom. The maximum absolute atomic E-state index is 11.4. The van der Waals surface area contributed by atoms with Gasteiger partial charge in [0.2, 0.25) is 0 Å². The second-order valence-corrected chi connectivity index (χ2v) is 6.60. The van der Waals surface area contributed by atoms with Gasteiger partial charge in [0.15, 0.2) is 9.84 Å². The molecule has 0 aliphatic carbocycles. The quantitative estimate of drug-likeness (QED) is 0.806. The minimum atomic E-state index is -3.05. The number of aromatic nitrogens is 2. The number of carboxylic acid groups (broad SMARTS) is 1. The molecule has 1 aliphatic heterocycles. The molecule has 0 spiro atoms. The van der Waals surface area contributed by atoms with E-state index in [-0.39, 0.29) is 28.9 Å². The standard InChI is InChI=1S/C10H15N3O4S/c1-2-7-8(10(14)15)9(11)13(12-7)6-3-4-18(16,17)5-6/h6H,2-5,11H2,1H3,(H,14,15). The zero-order valence-corrected chi connectivity index (χ0v) is 10.8. The van der Waals surface area contributed by atoms with Gasteiger partial charge < -0.3 is 10.8 Å². The molecule has 1 aliphatic rings. The summed E-state index contributed by atoms with van der Waals surface area (Å²) >= 11 is 0. The molecule has 1 unspecified atom stereocenters. The van der Waals surface area contributed by atoms with Gasteiger partial charge in [-0.25, -0.2) is 17.9 Å². The Bertz CT molecular complexity index is 591. The highest BCUT2D eigenvalue weighted by Gasteiger charge is 2.33. The zero-order chi connectivity index (χ0) is 13.5. The number of hydrogen-bond acceptors (Lipinski definition) is 5. The number of anilines is 1. The molecular formula is C10H15N3O4S. The molecule has 1 aromatic heterocycles. The Hall–Kier alpha value is -1.57. The van der Waals surface area contributed by atoms with E-state index in [0.717, 1.165) is 0 Å². The fourth-order valence-corrected chi connectivity index (χ4v) is 3.92. The van der Waals surface area contributed by atoms with E-state index < -0.39 is 15.8 Å². The van der Waals surface area contributed by atoms with Gasteiger partial charge in [0.1, 0.15) is 11.4 Å². The lowest BCUT2D eigenvalue weighted by Crippen LogP contribution is -2.15. The van der Waals surface area contributed by atoms with E-state index >= 15 is 0 Å². The van der Waals surface area contributed by atoms with Crippen LogP contribution >= 0.6 is 0 Å². The average Bonchev–Trinajstić information content (AvgIpc) is 2.78. The number of carboxylic acids is 1.